The number of anilines is 1. The van der Waals surface area contributed by atoms with Gasteiger partial charge in [-0.3, -0.25) is 0 Å². The van der Waals surface area contributed by atoms with Gasteiger partial charge in [0.1, 0.15) is 5.75 Å². The molecule has 0 aliphatic rings. The minimum atomic E-state index is -1.10. The minimum Gasteiger partial charge on any atom is -0.478 e. The lowest BCUT2D eigenvalue weighted by molar-refractivity contribution is 0.0696. The summed E-state index contributed by atoms with van der Waals surface area (Å²) in [4.78, 5) is 14.6. The SMILES string of the molecule is Nc1cc(C(=O)O)cnc1Oc1ccccc1Cl. The number of hydrogen-bond donors (Lipinski definition) is 2. The Morgan fingerprint density at radius 2 is 2.11 bits per heavy atom. The summed E-state index contributed by atoms with van der Waals surface area (Å²) in [5.74, 6) is -0.576. The predicted octanol–water partition coefficient (Wildman–Crippen LogP) is 2.81. The summed E-state index contributed by atoms with van der Waals surface area (Å²) in [5, 5.41) is 9.19. The summed E-state index contributed by atoms with van der Waals surface area (Å²) in [6.07, 6.45) is 1.17. The number of pyridine rings is 1. The largest absolute Gasteiger partial charge is 0.478 e. The topological polar surface area (TPSA) is 85.4 Å². The van der Waals surface area contributed by atoms with Crippen LogP contribution in [0.4, 0.5) is 5.69 Å². The average Bonchev–Trinajstić information content (AvgIpc) is 2.34. The Bertz CT molecular complexity index is 602. The molecule has 18 heavy (non-hydrogen) atoms. The summed E-state index contributed by atoms with van der Waals surface area (Å²) in [5.41, 5.74) is 5.80. The standard InChI is InChI=1S/C12H9ClN2O3/c13-8-3-1-2-4-10(8)18-11-9(14)5-7(6-15-11)12(16)17/h1-6H,14H2,(H,16,17). The van der Waals surface area contributed by atoms with Crippen LogP contribution in [0.2, 0.25) is 5.02 Å². The normalized spacial score (nSPS) is 10.1. The van der Waals surface area contributed by atoms with E-state index in [1.54, 1.807) is 24.3 Å². The fraction of sp³-hybridized carbons (Fsp3) is 0. The number of aromatic nitrogens is 1. The first-order chi connectivity index (χ1) is 8.58. The smallest absolute Gasteiger partial charge is 0.337 e. The highest BCUT2D eigenvalue weighted by atomic mass is 35.5. The van der Waals surface area contributed by atoms with E-state index in [1.165, 1.54) is 12.3 Å². The minimum absolute atomic E-state index is 0.000918. The van der Waals surface area contributed by atoms with Crippen LogP contribution < -0.4 is 10.5 Å². The first kappa shape index (κ1) is 12.2. The zero-order valence-electron chi connectivity index (χ0n) is 9.13. The number of rotatable bonds is 3. The number of ether oxygens (including phenoxy) is 1. The zero-order chi connectivity index (χ0) is 13.1. The Balaban J connectivity index is 2.30. The number of hydrogen-bond acceptors (Lipinski definition) is 4. The molecule has 0 spiro atoms. The van der Waals surface area contributed by atoms with Crippen molar-refractivity contribution < 1.29 is 14.6 Å². The van der Waals surface area contributed by atoms with Crippen molar-refractivity contribution >= 4 is 23.3 Å². The van der Waals surface area contributed by atoms with Crippen LogP contribution in [-0.2, 0) is 0 Å². The van der Waals surface area contributed by atoms with Gasteiger partial charge < -0.3 is 15.6 Å². The highest BCUT2D eigenvalue weighted by Crippen LogP contribution is 2.30. The van der Waals surface area contributed by atoms with Crippen molar-refractivity contribution in [3.8, 4) is 11.6 Å². The lowest BCUT2D eigenvalue weighted by atomic mass is 10.2. The molecule has 0 fully saturated rings. The molecular weight excluding hydrogens is 256 g/mol. The van der Waals surface area contributed by atoms with Crippen molar-refractivity contribution in [1.82, 2.24) is 4.98 Å². The summed E-state index contributed by atoms with van der Waals surface area (Å²) >= 11 is 5.92. The summed E-state index contributed by atoms with van der Waals surface area (Å²) in [7, 11) is 0. The maximum absolute atomic E-state index is 10.7. The fourth-order valence-corrected chi connectivity index (χ4v) is 1.48. The number of nitrogens with two attached hydrogens (primary N) is 1. The van der Waals surface area contributed by atoms with Gasteiger partial charge in [-0.2, -0.15) is 0 Å². The van der Waals surface area contributed by atoms with Gasteiger partial charge in [0.2, 0.25) is 5.88 Å². The van der Waals surface area contributed by atoms with Crippen molar-refractivity contribution in [2.24, 2.45) is 0 Å². The molecule has 5 nitrogen and oxygen atoms in total. The molecule has 3 N–H and O–H groups in total. The van der Waals surface area contributed by atoms with E-state index in [0.717, 1.165) is 0 Å². The second-order valence-electron chi connectivity index (χ2n) is 3.46. The number of carboxylic acid groups (broad SMARTS) is 1. The van der Waals surface area contributed by atoms with Gasteiger partial charge in [-0.05, 0) is 18.2 Å². The molecule has 0 amide bonds. The van der Waals surface area contributed by atoms with E-state index in [2.05, 4.69) is 4.98 Å². The average molecular weight is 265 g/mol. The molecular formula is C12H9ClN2O3. The molecule has 0 aliphatic heterocycles. The molecule has 0 bridgehead atoms. The second kappa shape index (κ2) is 4.93. The Labute approximate surface area is 108 Å². The first-order valence-corrected chi connectivity index (χ1v) is 5.37. The van der Waals surface area contributed by atoms with E-state index in [0.29, 0.717) is 10.8 Å². The fourth-order valence-electron chi connectivity index (χ4n) is 1.30. The van der Waals surface area contributed by atoms with Crippen molar-refractivity contribution in [2.75, 3.05) is 5.73 Å². The van der Waals surface area contributed by atoms with E-state index < -0.39 is 5.97 Å². The van der Waals surface area contributed by atoms with Crippen LogP contribution in [0.5, 0.6) is 11.6 Å². The molecule has 1 aromatic heterocycles. The summed E-state index contributed by atoms with van der Waals surface area (Å²) in [6.45, 7) is 0. The van der Waals surface area contributed by atoms with E-state index in [1.807, 2.05) is 0 Å². The molecule has 0 unspecified atom stereocenters. The summed E-state index contributed by atoms with van der Waals surface area (Å²) in [6, 6.07) is 8.12. The first-order valence-electron chi connectivity index (χ1n) is 4.99. The van der Waals surface area contributed by atoms with E-state index in [9.17, 15) is 4.79 Å². The van der Waals surface area contributed by atoms with Crippen molar-refractivity contribution in [3.63, 3.8) is 0 Å². The van der Waals surface area contributed by atoms with Gasteiger partial charge in [0.15, 0.2) is 0 Å². The van der Waals surface area contributed by atoms with Crippen LogP contribution >= 0.6 is 11.6 Å². The molecule has 1 heterocycles. The molecule has 0 radical (unpaired) electrons. The molecule has 0 saturated heterocycles. The third kappa shape index (κ3) is 2.52. The third-order valence-electron chi connectivity index (χ3n) is 2.17. The van der Waals surface area contributed by atoms with Gasteiger partial charge >= 0.3 is 5.97 Å². The number of nitrogen functional groups attached to an aromatic ring is 1. The van der Waals surface area contributed by atoms with Crippen molar-refractivity contribution in [3.05, 3.63) is 47.1 Å². The molecule has 2 rings (SSSR count). The maximum Gasteiger partial charge on any atom is 0.337 e. The number of halogens is 1. The molecule has 0 atom stereocenters. The number of carbonyl (C=O) groups is 1. The van der Waals surface area contributed by atoms with Crippen LogP contribution in [0.1, 0.15) is 10.4 Å². The maximum atomic E-state index is 10.7. The van der Waals surface area contributed by atoms with Crippen LogP contribution in [0.25, 0.3) is 0 Å². The highest BCUT2D eigenvalue weighted by Gasteiger charge is 2.10. The Morgan fingerprint density at radius 3 is 2.72 bits per heavy atom. The van der Waals surface area contributed by atoms with Gasteiger partial charge in [-0.1, -0.05) is 23.7 Å². The Morgan fingerprint density at radius 1 is 1.39 bits per heavy atom. The van der Waals surface area contributed by atoms with Crippen molar-refractivity contribution in [2.45, 2.75) is 0 Å². The quantitative estimate of drug-likeness (QED) is 0.890. The van der Waals surface area contributed by atoms with Crippen LogP contribution in [0, 0.1) is 0 Å². The molecule has 6 heteroatoms. The van der Waals surface area contributed by atoms with E-state index in [4.69, 9.17) is 27.2 Å². The number of para-hydroxylation sites is 1. The highest BCUT2D eigenvalue weighted by molar-refractivity contribution is 6.32. The zero-order valence-corrected chi connectivity index (χ0v) is 9.89. The monoisotopic (exact) mass is 264 g/mol. The molecule has 92 valence electrons. The molecule has 0 saturated carbocycles. The van der Waals surface area contributed by atoms with Crippen LogP contribution in [0.3, 0.4) is 0 Å². The number of carboxylic acids is 1. The van der Waals surface area contributed by atoms with Gasteiger partial charge in [-0.15, -0.1) is 0 Å². The van der Waals surface area contributed by atoms with Crippen LogP contribution in [0.15, 0.2) is 36.5 Å². The van der Waals surface area contributed by atoms with E-state index >= 15 is 0 Å². The Kier molecular flexibility index (Phi) is 3.34. The second-order valence-corrected chi connectivity index (χ2v) is 3.86. The predicted molar refractivity (Wildman–Crippen MR) is 67.1 cm³/mol. The lowest BCUT2D eigenvalue weighted by Crippen LogP contribution is -2.01. The van der Waals surface area contributed by atoms with Crippen molar-refractivity contribution in [1.29, 1.82) is 0 Å². The molecule has 0 aliphatic carbocycles. The van der Waals surface area contributed by atoms with Gasteiger partial charge in [0.05, 0.1) is 16.3 Å². The Hall–Kier alpha value is -2.27. The van der Waals surface area contributed by atoms with Gasteiger partial charge in [0.25, 0.3) is 0 Å². The molecule has 2 aromatic rings. The van der Waals surface area contributed by atoms with E-state index in [-0.39, 0.29) is 17.1 Å². The third-order valence-corrected chi connectivity index (χ3v) is 2.48. The van der Waals surface area contributed by atoms with Gasteiger partial charge in [-0.25, -0.2) is 9.78 Å². The van der Waals surface area contributed by atoms with Crippen LogP contribution in [-0.4, -0.2) is 16.1 Å². The van der Waals surface area contributed by atoms with Gasteiger partial charge in [0, 0.05) is 6.20 Å². The number of aromatic carboxylic acids is 1. The lowest BCUT2D eigenvalue weighted by Gasteiger charge is -2.08. The number of nitrogens with zero attached hydrogens (tertiary/aromatic N) is 1. The summed E-state index contributed by atoms with van der Waals surface area (Å²) < 4.78 is 5.41. The number of benzene rings is 1. The molecule has 1 aromatic carbocycles.